The van der Waals surface area contributed by atoms with Crippen LogP contribution in [0, 0.1) is 11.5 Å². The number of hydrogen-bond acceptors (Lipinski definition) is 4. The van der Waals surface area contributed by atoms with Gasteiger partial charge in [0.15, 0.2) is 11.4 Å². The van der Waals surface area contributed by atoms with Crippen LogP contribution < -0.4 is 5.32 Å². The van der Waals surface area contributed by atoms with Crippen molar-refractivity contribution in [2.24, 2.45) is 4.99 Å². The van der Waals surface area contributed by atoms with Gasteiger partial charge in [0.25, 0.3) is 5.91 Å². The van der Waals surface area contributed by atoms with Gasteiger partial charge in [-0.05, 0) is 42.9 Å². The Morgan fingerprint density at radius 1 is 1.55 bits per heavy atom. The molecule has 1 saturated carbocycles. The summed E-state index contributed by atoms with van der Waals surface area (Å²) in [6.07, 6.45) is 5.96. The van der Waals surface area contributed by atoms with E-state index < -0.39 is 0 Å². The summed E-state index contributed by atoms with van der Waals surface area (Å²) in [5, 5.41) is 11.7. The molecule has 1 aromatic rings. The normalized spacial score (nSPS) is 17.9. The fourth-order valence-electron chi connectivity index (χ4n) is 2.37. The maximum atomic E-state index is 12.2. The van der Waals surface area contributed by atoms with Crippen molar-refractivity contribution in [3.05, 3.63) is 29.3 Å². The smallest absolute Gasteiger partial charge is 0.254 e. The Morgan fingerprint density at radius 3 is 3.00 bits per heavy atom. The molecular formula is C14H14N4OS. The standard InChI is InChI=1S/C14H14N4OS/c1-20-14(16-8-15)17-10-2-5-12-9(6-10)7-18(13(12)19)11-3-4-11/h2,5-6,11H,3-4,7H2,1H3,(H,16,17). The van der Waals surface area contributed by atoms with E-state index >= 15 is 0 Å². The van der Waals surface area contributed by atoms with Crippen LogP contribution in [0.1, 0.15) is 28.8 Å². The minimum atomic E-state index is 0.137. The summed E-state index contributed by atoms with van der Waals surface area (Å²) in [4.78, 5) is 18.5. The molecule has 0 atom stereocenters. The lowest BCUT2D eigenvalue weighted by atomic mass is 10.1. The second-order valence-electron chi connectivity index (χ2n) is 4.86. The summed E-state index contributed by atoms with van der Waals surface area (Å²) < 4.78 is 0. The molecule has 6 heteroatoms. The Morgan fingerprint density at radius 2 is 2.35 bits per heavy atom. The minimum Gasteiger partial charge on any atom is -0.331 e. The maximum absolute atomic E-state index is 12.2. The number of fused-ring (bicyclic) bond motifs is 1. The SMILES string of the molecule is CSC(=Nc1ccc2c(c1)CN(C1CC1)C2=O)NC#N. The third kappa shape index (κ3) is 2.37. The number of nitrogens with one attached hydrogen (secondary N) is 1. The second kappa shape index (κ2) is 5.17. The Kier molecular flexibility index (Phi) is 3.36. The highest BCUT2D eigenvalue weighted by molar-refractivity contribution is 8.13. The zero-order valence-corrected chi connectivity index (χ0v) is 11.9. The molecule has 5 nitrogen and oxygen atoms in total. The van der Waals surface area contributed by atoms with Crippen LogP contribution in [0.5, 0.6) is 0 Å². The Hall–Kier alpha value is -2.00. The average Bonchev–Trinajstić information content (AvgIpc) is 3.24. The van der Waals surface area contributed by atoms with Crippen molar-refractivity contribution in [1.29, 1.82) is 5.26 Å². The zero-order valence-electron chi connectivity index (χ0n) is 11.1. The maximum Gasteiger partial charge on any atom is 0.254 e. The van der Waals surface area contributed by atoms with Crippen LogP contribution in [0.15, 0.2) is 23.2 Å². The number of carbonyl (C=O) groups excluding carboxylic acids is 1. The van der Waals surface area contributed by atoms with Crippen molar-refractivity contribution in [1.82, 2.24) is 10.2 Å². The molecule has 1 heterocycles. The van der Waals surface area contributed by atoms with E-state index in [2.05, 4.69) is 10.3 Å². The molecule has 3 rings (SSSR count). The summed E-state index contributed by atoms with van der Waals surface area (Å²) in [7, 11) is 0. The predicted octanol–water partition coefficient (Wildman–Crippen LogP) is 2.23. The number of thioether (sulfide) groups is 1. The molecule has 0 unspecified atom stereocenters. The van der Waals surface area contributed by atoms with Gasteiger partial charge in [-0.15, -0.1) is 0 Å². The highest BCUT2D eigenvalue weighted by Gasteiger charge is 2.38. The minimum absolute atomic E-state index is 0.137. The highest BCUT2D eigenvalue weighted by atomic mass is 32.2. The molecule has 102 valence electrons. The molecule has 1 aromatic carbocycles. The van der Waals surface area contributed by atoms with Gasteiger partial charge >= 0.3 is 0 Å². The Bertz CT molecular complexity index is 631. The van der Waals surface area contributed by atoms with Gasteiger partial charge in [0.2, 0.25) is 0 Å². The number of carbonyl (C=O) groups is 1. The Labute approximate surface area is 121 Å². The first kappa shape index (κ1) is 13.0. The average molecular weight is 286 g/mol. The first-order chi connectivity index (χ1) is 9.72. The summed E-state index contributed by atoms with van der Waals surface area (Å²) in [5.41, 5.74) is 2.58. The number of nitriles is 1. The van der Waals surface area contributed by atoms with Gasteiger partial charge in [-0.1, -0.05) is 11.8 Å². The molecule has 1 fully saturated rings. The van der Waals surface area contributed by atoms with Crippen molar-refractivity contribution < 1.29 is 4.79 Å². The molecule has 20 heavy (non-hydrogen) atoms. The molecule has 1 N–H and O–H groups in total. The van der Waals surface area contributed by atoms with Crippen molar-refractivity contribution in [3.63, 3.8) is 0 Å². The fraction of sp³-hybridized carbons (Fsp3) is 0.357. The Balaban J connectivity index is 1.86. The van der Waals surface area contributed by atoms with Gasteiger partial charge in [0.05, 0.1) is 5.69 Å². The number of rotatable bonds is 2. The number of benzene rings is 1. The van der Waals surface area contributed by atoms with E-state index in [1.807, 2.05) is 35.5 Å². The van der Waals surface area contributed by atoms with Crippen LogP contribution in [-0.4, -0.2) is 28.3 Å². The summed E-state index contributed by atoms with van der Waals surface area (Å²) in [6.45, 7) is 0.683. The van der Waals surface area contributed by atoms with Crippen LogP contribution in [0.25, 0.3) is 0 Å². The molecule has 1 aliphatic heterocycles. The van der Waals surface area contributed by atoms with E-state index in [1.54, 1.807) is 0 Å². The van der Waals surface area contributed by atoms with E-state index in [0.29, 0.717) is 17.8 Å². The van der Waals surface area contributed by atoms with Gasteiger partial charge in [-0.3, -0.25) is 10.1 Å². The lowest BCUT2D eigenvalue weighted by Crippen LogP contribution is -2.25. The molecular weight excluding hydrogens is 272 g/mol. The summed E-state index contributed by atoms with van der Waals surface area (Å²) in [5.74, 6) is 0.137. The van der Waals surface area contributed by atoms with E-state index in [1.165, 1.54) is 11.8 Å². The van der Waals surface area contributed by atoms with Gasteiger partial charge < -0.3 is 4.90 Å². The highest BCUT2D eigenvalue weighted by Crippen LogP contribution is 2.35. The predicted molar refractivity (Wildman–Crippen MR) is 78.7 cm³/mol. The van der Waals surface area contributed by atoms with Crippen LogP contribution in [0.3, 0.4) is 0 Å². The summed E-state index contributed by atoms with van der Waals surface area (Å²) >= 11 is 1.38. The van der Waals surface area contributed by atoms with Crippen molar-refractivity contribution >= 4 is 28.5 Å². The van der Waals surface area contributed by atoms with Crippen LogP contribution in [0.4, 0.5) is 5.69 Å². The van der Waals surface area contributed by atoms with E-state index in [-0.39, 0.29) is 5.91 Å². The topological polar surface area (TPSA) is 68.5 Å². The van der Waals surface area contributed by atoms with Crippen molar-refractivity contribution in [2.45, 2.75) is 25.4 Å². The van der Waals surface area contributed by atoms with Crippen molar-refractivity contribution in [2.75, 3.05) is 6.26 Å². The fourth-order valence-corrected chi connectivity index (χ4v) is 2.71. The van der Waals surface area contributed by atoms with Crippen molar-refractivity contribution in [3.8, 4) is 6.19 Å². The lowest BCUT2D eigenvalue weighted by Gasteiger charge is -2.13. The third-order valence-corrected chi connectivity index (χ3v) is 4.08. The molecule has 2 aliphatic rings. The van der Waals surface area contributed by atoms with Crippen LogP contribution >= 0.6 is 11.8 Å². The first-order valence-electron chi connectivity index (χ1n) is 6.44. The first-order valence-corrected chi connectivity index (χ1v) is 7.67. The number of nitrogens with zero attached hydrogens (tertiary/aromatic N) is 3. The molecule has 0 radical (unpaired) electrons. The number of hydrogen-bond donors (Lipinski definition) is 1. The van der Waals surface area contributed by atoms with Crippen LogP contribution in [0.2, 0.25) is 0 Å². The van der Waals surface area contributed by atoms with Crippen LogP contribution in [-0.2, 0) is 6.54 Å². The number of amidine groups is 1. The third-order valence-electron chi connectivity index (χ3n) is 3.50. The van der Waals surface area contributed by atoms with Gasteiger partial charge in [-0.25, -0.2) is 4.99 Å². The summed E-state index contributed by atoms with van der Waals surface area (Å²) in [6, 6.07) is 6.03. The monoisotopic (exact) mass is 286 g/mol. The molecule has 0 spiro atoms. The van der Waals surface area contributed by atoms with Gasteiger partial charge in [-0.2, -0.15) is 5.26 Å². The van der Waals surface area contributed by atoms with E-state index in [9.17, 15) is 4.79 Å². The van der Waals surface area contributed by atoms with Gasteiger partial charge in [0.1, 0.15) is 0 Å². The second-order valence-corrected chi connectivity index (χ2v) is 5.66. The molecule has 0 saturated heterocycles. The quantitative estimate of drug-likeness (QED) is 0.392. The van der Waals surface area contributed by atoms with E-state index in [4.69, 9.17) is 5.26 Å². The molecule has 0 bridgehead atoms. The molecule has 0 aromatic heterocycles. The zero-order chi connectivity index (χ0) is 14.1. The lowest BCUT2D eigenvalue weighted by molar-refractivity contribution is 0.0766. The van der Waals surface area contributed by atoms with E-state index in [0.717, 1.165) is 29.7 Å². The number of amides is 1. The number of aliphatic imine (C=N–C) groups is 1. The molecule has 1 aliphatic carbocycles. The van der Waals surface area contributed by atoms with Gasteiger partial charge in [0, 0.05) is 18.2 Å². The molecule has 1 amide bonds. The largest absolute Gasteiger partial charge is 0.331 e.